The molecule has 1 unspecified atom stereocenters. The molecule has 128 valence electrons. The van der Waals surface area contributed by atoms with Crippen molar-refractivity contribution in [3.63, 3.8) is 0 Å². The summed E-state index contributed by atoms with van der Waals surface area (Å²) in [6, 6.07) is 8.45. The monoisotopic (exact) mass is 343 g/mol. The summed E-state index contributed by atoms with van der Waals surface area (Å²) in [5.41, 5.74) is 2.11. The molecule has 0 bridgehead atoms. The third-order valence-electron chi connectivity index (χ3n) is 5.28. The van der Waals surface area contributed by atoms with Crippen molar-refractivity contribution in [2.75, 3.05) is 24.2 Å². The number of thioether (sulfide) groups is 1. The van der Waals surface area contributed by atoms with Crippen LogP contribution in [-0.2, 0) is 4.79 Å². The lowest BCUT2D eigenvalue weighted by Crippen LogP contribution is -2.22. The molecule has 24 heavy (non-hydrogen) atoms. The Kier molecular flexibility index (Phi) is 4.79. The molecule has 1 aromatic carbocycles. The number of fused-ring (bicyclic) bond motifs is 1. The van der Waals surface area contributed by atoms with Gasteiger partial charge in [0, 0.05) is 31.0 Å². The highest BCUT2D eigenvalue weighted by molar-refractivity contribution is 8.14. The van der Waals surface area contributed by atoms with Crippen molar-refractivity contribution in [1.29, 1.82) is 0 Å². The molecule has 0 aromatic heterocycles. The summed E-state index contributed by atoms with van der Waals surface area (Å²) < 4.78 is 0. The molecule has 1 atom stereocenters. The molecule has 1 saturated carbocycles. The number of anilines is 1. The van der Waals surface area contributed by atoms with Gasteiger partial charge in [-0.25, -0.2) is 0 Å². The van der Waals surface area contributed by atoms with Crippen LogP contribution in [0.1, 0.15) is 50.1 Å². The summed E-state index contributed by atoms with van der Waals surface area (Å²) in [7, 11) is 0. The molecule has 1 saturated heterocycles. The van der Waals surface area contributed by atoms with E-state index in [0.717, 1.165) is 24.5 Å². The van der Waals surface area contributed by atoms with Crippen LogP contribution in [0.15, 0.2) is 29.3 Å². The van der Waals surface area contributed by atoms with E-state index in [0.29, 0.717) is 12.3 Å². The molecule has 1 amide bonds. The van der Waals surface area contributed by atoms with Gasteiger partial charge in [0.15, 0.2) is 5.17 Å². The standard InChI is InChI=1S/C19H25N3OS/c23-18(11-14-5-2-1-3-6-14)20-16-8-4-7-15(12-16)17-13-22-9-10-24-19(22)21-17/h4,7-8,12,14,17H,1-3,5-6,9-11,13H2,(H,20,23). The minimum atomic E-state index is 0.160. The predicted octanol–water partition coefficient (Wildman–Crippen LogP) is 4.06. The van der Waals surface area contributed by atoms with E-state index in [1.54, 1.807) is 0 Å². The Bertz CT molecular complexity index is 639. The molecule has 1 aromatic rings. The smallest absolute Gasteiger partial charge is 0.224 e. The Balaban J connectivity index is 1.38. The van der Waals surface area contributed by atoms with Gasteiger partial charge in [-0.2, -0.15) is 0 Å². The second-order valence-corrected chi connectivity index (χ2v) is 8.17. The fourth-order valence-electron chi connectivity index (χ4n) is 3.97. The molecule has 0 spiro atoms. The number of amidine groups is 1. The zero-order valence-electron chi connectivity index (χ0n) is 14.0. The molecular weight excluding hydrogens is 318 g/mol. The van der Waals surface area contributed by atoms with E-state index in [4.69, 9.17) is 4.99 Å². The van der Waals surface area contributed by atoms with Crippen LogP contribution < -0.4 is 5.32 Å². The minimum absolute atomic E-state index is 0.160. The molecule has 1 aliphatic carbocycles. The van der Waals surface area contributed by atoms with Crippen molar-refractivity contribution < 1.29 is 4.79 Å². The topological polar surface area (TPSA) is 44.7 Å². The first-order chi connectivity index (χ1) is 11.8. The number of hydrogen-bond donors (Lipinski definition) is 1. The van der Waals surface area contributed by atoms with E-state index < -0.39 is 0 Å². The van der Waals surface area contributed by atoms with Gasteiger partial charge in [-0.15, -0.1) is 0 Å². The fraction of sp³-hybridized carbons (Fsp3) is 0.579. The maximum Gasteiger partial charge on any atom is 0.224 e. The van der Waals surface area contributed by atoms with Crippen LogP contribution in [0.4, 0.5) is 5.69 Å². The highest BCUT2D eigenvalue weighted by atomic mass is 32.2. The number of carbonyl (C=O) groups is 1. The molecule has 0 radical (unpaired) electrons. The first kappa shape index (κ1) is 16.0. The maximum absolute atomic E-state index is 12.3. The molecule has 2 aliphatic heterocycles. The van der Waals surface area contributed by atoms with Crippen LogP contribution in [-0.4, -0.2) is 34.8 Å². The first-order valence-electron chi connectivity index (χ1n) is 9.13. The zero-order valence-corrected chi connectivity index (χ0v) is 14.9. The van der Waals surface area contributed by atoms with Gasteiger partial charge in [-0.3, -0.25) is 9.79 Å². The number of carbonyl (C=O) groups excluding carboxylic acids is 1. The molecule has 1 N–H and O–H groups in total. The summed E-state index contributed by atoms with van der Waals surface area (Å²) >= 11 is 1.85. The average molecular weight is 343 g/mol. The van der Waals surface area contributed by atoms with Gasteiger partial charge in [0.1, 0.15) is 0 Å². The number of amides is 1. The molecule has 5 heteroatoms. The third-order valence-corrected chi connectivity index (χ3v) is 6.28. The number of aliphatic imine (C=N–C) groups is 1. The van der Waals surface area contributed by atoms with Gasteiger partial charge >= 0.3 is 0 Å². The van der Waals surface area contributed by atoms with E-state index in [1.165, 1.54) is 42.8 Å². The lowest BCUT2D eigenvalue weighted by molar-refractivity contribution is -0.117. The number of nitrogens with zero attached hydrogens (tertiary/aromatic N) is 2. The van der Waals surface area contributed by atoms with Gasteiger partial charge in [0.2, 0.25) is 5.91 Å². The van der Waals surface area contributed by atoms with Gasteiger partial charge in [0.25, 0.3) is 0 Å². The first-order valence-corrected chi connectivity index (χ1v) is 10.1. The zero-order chi connectivity index (χ0) is 16.4. The van der Waals surface area contributed by atoms with Crippen molar-refractivity contribution >= 4 is 28.5 Å². The van der Waals surface area contributed by atoms with Crippen LogP contribution in [0, 0.1) is 5.92 Å². The second-order valence-electron chi connectivity index (χ2n) is 7.10. The summed E-state index contributed by atoms with van der Waals surface area (Å²) in [5, 5.41) is 4.28. The number of nitrogens with one attached hydrogen (secondary N) is 1. The summed E-state index contributed by atoms with van der Waals surface area (Å²) in [4.78, 5) is 19.5. The van der Waals surface area contributed by atoms with Gasteiger partial charge in [0.05, 0.1) is 6.04 Å². The molecule has 2 heterocycles. The van der Waals surface area contributed by atoms with Crippen molar-refractivity contribution in [1.82, 2.24) is 4.90 Å². The Labute approximate surface area is 148 Å². The van der Waals surface area contributed by atoms with E-state index >= 15 is 0 Å². The average Bonchev–Trinajstić information content (AvgIpc) is 3.17. The molecular formula is C19H25N3OS. The van der Waals surface area contributed by atoms with E-state index in [-0.39, 0.29) is 11.9 Å². The summed E-state index contributed by atoms with van der Waals surface area (Å²) in [6.07, 6.45) is 6.98. The Morgan fingerprint density at radius 3 is 3.00 bits per heavy atom. The molecule has 3 aliphatic rings. The summed E-state index contributed by atoms with van der Waals surface area (Å²) in [6.45, 7) is 2.08. The SMILES string of the molecule is O=C(CC1CCCCC1)Nc1cccc(C2CN3CCSC3=N2)c1. The van der Waals surface area contributed by atoms with E-state index in [2.05, 4.69) is 22.3 Å². The van der Waals surface area contributed by atoms with Gasteiger partial charge < -0.3 is 10.2 Å². The normalized spacial score (nSPS) is 23.9. The van der Waals surface area contributed by atoms with Gasteiger partial charge in [-0.1, -0.05) is 43.2 Å². The van der Waals surface area contributed by atoms with Crippen LogP contribution in [0.5, 0.6) is 0 Å². The van der Waals surface area contributed by atoms with Crippen LogP contribution in [0.25, 0.3) is 0 Å². The van der Waals surface area contributed by atoms with Crippen LogP contribution in [0.2, 0.25) is 0 Å². The van der Waals surface area contributed by atoms with E-state index in [1.807, 2.05) is 23.9 Å². The summed E-state index contributed by atoms with van der Waals surface area (Å²) in [5.74, 6) is 1.89. The lowest BCUT2D eigenvalue weighted by Gasteiger charge is -2.21. The third kappa shape index (κ3) is 3.61. The highest BCUT2D eigenvalue weighted by Gasteiger charge is 2.30. The van der Waals surface area contributed by atoms with Crippen LogP contribution in [0.3, 0.4) is 0 Å². The number of hydrogen-bond acceptors (Lipinski definition) is 4. The second kappa shape index (κ2) is 7.18. The molecule has 4 rings (SSSR count). The minimum Gasteiger partial charge on any atom is -0.348 e. The molecule has 2 fully saturated rings. The van der Waals surface area contributed by atoms with Crippen molar-refractivity contribution in [3.8, 4) is 0 Å². The fourth-order valence-corrected chi connectivity index (χ4v) is 5.02. The lowest BCUT2D eigenvalue weighted by atomic mass is 9.87. The van der Waals surface area contributed by atoms with Gasteiger partial charge in [-0.05, 0) is 36.5 Å². The number of benzene rings is 1. The van der Waals surface area contributed by atoms with Crippen LogP contribution >= 0.6 is 11.8 Å². The Morgan fingerprint density at radius 1 is 1.29 bits per heavy atom. The van der Waals surface area contributed by atoms with Crippen molar-refractivity contribution in [3.05, 3.63) is 29.8 Å². The van der Waals surface area contributed by atoms with Crippen molar-refractivity contribution in [2.45, 2.75) is 44.6 Å². The Hall–Kier alpha value is -1.49. The quantitative estimate of drug-likeness (QED) is 0.897. The highest BCUT2D eigenvalue weighted by Crippen LogP contribution is 2.33. The van der Waals surface area contributed by atoms with Crippen molar-refractivity contribution in [2.24, 2.45) is 10.9 Å². The Morgan fingerprint density at radius 2 is 2.17 bits per heavy atom. The number of rotatable bonds is 4. The van der Waals surface area contributed by atoms with E-state index in [9.17, 15) is 4.79 Å². The largest absolute Gasteiger partial charge is 0.348 e. The molecule has 4 nitrogen and oxygen atoms in total. The maximum atomic E-state index is 12.3. The predicted molar refractivity (Wildman–Crippen MR) is 100 cm³/mol.